The molecular formula is C8H8N4O. The van der Waals surface area contributed by atoms with E-state index in [1.165, 1.54) is 0 Å². The molecule has 2 aromatic heterocycles. The van der Waals surface area contributed by atoms with Crippen LogP contribution in [0.25, 0.3) is 11.4 Å². The monoisotopic (exact) mass is 176 g/mol. The predicted molar refractivity (Wildman–Crippen MR) is 47.2 cm³/mol. The second kappa shape index (κ2) is 2.85. The fourth-order valence-electron chi connectivity index (χ4n) is 1.14. The summed E-state index contributed by atoms with van der Waals surface area (Å²) in [5.41, 5.74) is 1.56. The summed E-state index contributed by atoms with van der Waals surface area (Å²) in [4.78, 5) is 17.3. The van der Waals surface area contributed by atoms with Crippen molar-refractivity contribution in [1.82, 2.24) is 20.2 Å². The van der Waals surface area contributed by atoms with Crippen LogP contribution in [0.15, 0.2) is 23.3 Å². The fourth-order valence-corrected chi connectivity index (χ4v) is 1.14. The van der Waals surface area contributed by atoms with Crippen molar-refractivity contribution in [1.29, 1.82) is 0 Å². The summed E-state index contributed by atoms with van der Waals surface area (Å²) in [6.45, 7) is 1.91. The van der Waals surface area contributed by atoms with Gasteiger partial charge in [0.1, 0.15) is 0 Å². The summed E-state index contributed by atoms with van der Waals surface area (Å²) in [5.74, 6) is 0.546. The maximum atomic E-state index is 10.8. The molecule has 0 saturated carbocycles. The summed E-state index contributed by atoms with van der Waals surface area (Å²) in [7, 11) is 0. The molecular weight excluding hydrogens is 168 g/mol. The Hall–Kier alpha value is -1.91. The zero-order valence-electron chi connectivity index (χ0n) is 7.03. The number of rotatable bonds is 1. The van der Waals surface area contributed by atoms with Crippen molar-refractivity contribution in [2.75, 3.05) is 0 Å². The maximum absolute atomic E-state index is 10.8. The molecule has 5 nitrogen and oxygen atoms in total. The van der Waals surface area contributed by atoms with Gasteiger partial charge in [0.05, 0.1) is 0 Å². The van der Waals surface area contributed by atoms with Crippen LogP contribution in [0.3, 0.4) is 0 Å². The first-order valence-electron chi connectivity index (χ1n) is 3.83. The van der Waals surface area contributed by atoms with E-state index in [4.69, 9.17) is 0 Å². The molecule has 0 atom stereocenters. The van der Waals surface area contributed by atoms with Crippen molar-refractivity contribution in [2.24, 2.45) is 0 Å². The lowest BCUT2D eigenvalue weighted by atomic mass is 10.1. The van der Waals surface area contributed by atoms with E-state index >= 15 is 0 Å². The molecule has 5 heteroatoms. The lowest BCUT2D eigenvalue weighted by Crippen LogP contribution is -2.00. The third kappa shape index (κ3) is 1.35. The zero-order valence-corrected chi connectivity index (χ0v) is 7.03. The minimum Gasteiger partial charge on any atom is -0.289 e. The molecule has 0 radical (unpaired) electrons. The van der Waals surface area contributed by atoms with Crippen molar-refractivity contribution in [3.63, 3.8) is 0 Å². The van der Waals surface area contributed by atoms with E-state index in [-0.39, 0.29) is 5.69 Å². The van der Waals surface area contributed by atoms with Crippen molar-refractivity contribution in [2.45, 2.75) is 6.92 Å². The van der Waals surface area contributed by atoms with Gasteiger partial charge in [-0.3, -0.25) is 9.97 Å². The molecule has 0 spiro atoms. The molecule has 0 aliphatic rings. The summed E-state index contributed by atoms with van der Waals surface area (Å²) in [6, 6.07) is 1.81. The van der Waals surface area contributed by atoms with E-state index in [1.54, 1.807) is 18.5 Å². The number of hydrogen-bond acceptors (Lipinski definition) is 3. The Bertz CT molecular complexity index is 471. The highest BCUT2D eigenvalue weighted by Crippen LogP contribution is 2.15. The van der Waals surface area contributed by atoms with Crippen molar-refractivity contribution in [3.05, 3.63) is 34.5 Å². The normalized spacial score (nSPS) is 10.2. The number of aromatic nitrogens is 4. The topological polar surface area (TPSA) is 74.4 Å². The van der Waals surface area contributed by atoms with E-state index in [0.29, 0.717) is 5.82 Å². The first kappa shape index (κ1) is 7.72. The molecule has 0 saturated heterocycles. The Balaban J connectivity index is 2.58. The summed E-state index contributed by atoms with van der Waals surface area (Å²) >= 11 is 0. The van der Waals surface area contributed by atoms with E-state index in [1.807, 2.05) is 6.92 Å². The lowest BCUT2D eigenvalue weighted by Gasteiger charge is -1.98. The minimum atomic E-state index is -0.300. The second-order valence-corrected chi connectivity index (χ2v) is 2.72. The van der Waals surface area contributed by atoms with Crippen molar-refractivity contribution < 1.29 is 0 Å². The molecule has 13 heavy (non-hydrogen) atoms. The lowest BCUT2D eigenvalue weighted by molar-refractivity contribution is 1.05. The van der Waals surface area contributed by atoms with Gasteiger partial charge in [0.2, 0.25) is 0 Å². The molecule has 0 unspecified atom stereocenters. The van der Waals surface area contributed by atoms with Crippen LogP contribution < -0.4 is 5.69 Å². The summed E-state index contributed by atoms with van der Waals surface area (Å²) in [6.07, 6.45) is 3.39. The zero-order chi connectivity index (χ0) is 9.26. The third-order valence-electron chi connectivity index (χ3n) is 1.78. The minimum absolute atomic E-state index is 0.300. The van der Waals surface area contributed by atoms with Crippen LogP contribution >= 0.6 is 0 Å². The number of hydrogen-bond donors (Lipinski definition) is 2. The van der Waals surface area contributed by atoms with Gasteiger partial charge in [-0.2, -0.15) is 5.10 Å². The van der Waals surface area contributed by atoms with Gasteiger partial charge in [-0.25, -0.2) is 9.89 Å². The van der Waals surface area contributed by atoms with Crippen LogP contribution in [0.1, 0.15) is 5.56 Å². The second-order valence-electron chi connectivity index (χ2n) is 2.72. The first-order valence-corrected chi connectivity index (χ1v) is 3.83. The Kier molecular flexibility index (Phi) is 1.70. The standard InChI is InChI=1S/C8H8N4O/c1-5-4-9-3-2-6(5)7-10-8(13)12-11-7/h2-4H,1H3,(H2,10,11,12,13). The molecule has 0 aromatic carbocycles. The molecule has 0 aliphatic carbocycles. The molecule has 2 N–H and O–H groups in total. The largest absolute Gasteiger partial charge is 0.340 e. The Morgan fingerprint density at radius 3 is 2.92 bits per heavy atom. The average molecular weight is 176 g/mol. The van der Waals surface area contributed by atoms with Crippen molar-refractivity contribution in [3.8, 4) is 11.4 Å². The number of nitrogens with one attached hydrogen (secondary N) is 2. The van der Waals surface area contributed by atoms with E-state index in [9.17, 15) is 4.79 Å². The predicted octanol–water partition coefficient (Wildman–Crippen LogP) is 0.468. The molecule has 0 aliphatic heterocycles. The van der Waals surface area contributed by atoms with Gasteiger partial charge in [0, 0.05) is 18.0 Å². The summed E-state index contributed by atoms with van der Waals surface area (Å²) in [5, 5.41) is 6.14. The van der Waals surface area contributed by atoms with Gasteiger partial charge < -0.3 is 0 Å². The Morgan fingerprint density at radius 2 is 2.31 bits per heavy atom. The van der Waals surface area contributed by atoms with Crippen LogP contribution in [-0.2, 0) is 0 Å². The smallest absolute Gasteiger partial charge is 0.289 e. The van der Waals surface area contributed by atoms with Gasteiger partial charge in [0.15, 0.2) is 5.82 Å². The number of aromatic amines is 2. The SMILES string of the molecule is Cc1cnccc1-c1n[nH]c(=O)[nH]1. The van der Waals surface area contributed by atoms with Gasteiger partial charge in [-0.15, -0.1) is 0 Å². The van der Waals surface area contributed by atoms with Gasteiger partial charge in [0.25, 0.3) is 0 Å². The molecule has 0 amide bonds. The van der Waals surface area contributed by atoms with Crippen LogP contribution in [0.4, 0.5) is 0 Å². The number of H-pyrrole nitrogens is 2. The number of nitrogens with zero attached hydrogens (tertiary/aromatic N) is 2. The summed E-state index contributed by atoms with van der Waals surface area (Å²) < 4.78 is 0. The molecule has 0 fully saturated rings. The fraction of sp³-hybridized carbons (Fsp3) is 0.125. The molecule has 2 heterocycles. The highest BCUT2D eigenvalue weighted by Gasteiger charge is 2.04. The van der Waals surface area contributed by atoms with Crippen molar-refractivity contribution >= 4 is 0 Å². The number of pyridine rings is 1. The van der Waals surface area contributed by atoms with E-state index in [0.717, 1.165) is 11.1 Å². The average Bonchev–Trinajstić information content (AvgIpc) is 2.53. The molecule has 66 valence electrons. The van der Waals surface area contributed by atoms with Gasteiger partial charge in [-0.05, 0) is 18.6 Å². The van der Waals surface area contributed by atoms with Gasteiger partial charge >= 0.3 is 5.69 Å². The number of aryl methyl sites for hydroxylation is 1. The van der Waals surface area contributed by atoms with Crippen LogP contribution in [0.2, 0.25) is 0 Å². The highest BCUT2D eigenvalue weighted by molar-refractivity contribution is 5.57. The van der Waals surface area contributed by atoms with Crippen LogP contribution in [0.5, 0.6) is 0 Å². The maximum Gasteiger partial charge on any atom is 0.340 e. The van der Waals surface area contributed by atoms with Gasteiger partial charge in [-0.1, -0.05) is 0 Å². The van der Waals surface area contributed by atoms with E-state index in [2.05, 4.69) is 20.2 Å². The molecule has 2 aromatic rings. The first-order chi connectivity index (χ1) is 6.27. The third-order valence-corrected chi connectivity index (χ3v) is 1.78. The molecule has 0 bridgehead atoms. The van der Waals surface area contributed by atoms with E-state index < -0.39 is 0 Å². The van der Waals surface area contributed by atoms with Crippen LogP contribution in [-0.4, -0.2) is 20.2 Å². The van der Waals surface area contributed by atoms with Crippen LogP contribution in [0, 0.1) is 6.92 Å². The Labute approximate surface area is 73.9 Å². The Morgan fingerprint density at radius 1 is 1.46 bits per heavy atom. The highest BCUT2D eigenvalue weighted by atomic mass is 16.1. The molecule has 2 rings (SSSR count). The quantitative estimate of drug-likeness (QED) is 0.663.